The van der Waals surface area contributed by atoms with E-state index in [1.165, 1.54) is 0 Å². The normalized spacial score (nSPS) is 38.1. The molecule has 1 saturated heterocycles. The minimum Gasteiger partial charge on any atom is -0.394 e. The molecule has 4 heteroatoms. The summed E-state index contributed by atoms with van der Waals surface area (Å²) in [4.78, 5) is 0. The van der Waals surface area contributed by atoms with E-state index in [9.17, 15) is 5.11 Å². The molecule has 0 aromatic rings. The predicted octanol–water partition coefficient (Wildman–Crippen LogP) is -0.589. The van der Waals surface area contributed by atoms with Crippen molar-refractivity contribution in [3.8, 4) is 6.07 Å². The highest BCUT2D eigenvalue weighted by molar-refractivity contribution is 4.90. The van der Waals surface area contributed by atoms with Crippen LogP contribution >= 0.6 is 0 Å². The monoisotopic (exact) mass is 157 g/mol. The first-order chi connectivity index (χ1) is 5.27. The number of nitrogens with zero attached hydrogens (tertiary/aromatic N) is 1. The Morgan fingerprint density at radius 3 is 2.82 bits per heavy atom. The SMILES string of the molecule is N#CC1CCC(O)C(CO)O1. The van der Waals surface area contributed by atoms with Gasteiger partial charge >= 0.3 is 0 Å². The van der Waals surface area contributed by atoms with Gasteiger partial charge in [-0.05, 0) is 12.8 Å². The van der Waals surface area contributed by atoms with Crippen LogP contribution < -0.4 is 0 Å². The van der Waals surface area contributed by atoms with E-state index in [-0.39, 0.29) is 6.61 Å². The summed E-state index contributed by atoms with van der Waals surface area (Å²) >= 11 is 0. The Labute approximate surface area is 65.0 Å². The van der Waals surface area contributed by atoms with Crippen molar-refractivity contribution in [2.45, 2.75) is 31.2 Å². The Balaban J connectivity index is 2.45. The number of rotatable bonds is 1. The Hall–Kier alpha value is -0.630. The number of ether oxygens (including phenoxy) is 1. The zero-order chi connectivity index (χ0) is 8.27. The van der Waals surface area contributed by atoms with Gasteiger partial charge in [0.25, 0.3) is 0 Å². The number of aliphatic hydroxyl groups is 2. The second kappa shape index (κ2) is 3.67. The number of aliphatic hydroxyl groups excluding tert-OH is 2. The van der Waals surface area contributed by atoms with Crippen molar-refractivity contribution in [1.82, 2.24) is 0 Å². The first-order valence-corrected chi connectivity index (χ1v) is 3.62. The molecular weight excluding hydrogens is 146 g/mol. The molecule has 0 aromatic heterocycles. The van der Waals surface area contributed by atoms with E-state index in [2.05, 4.69) is 0 Å². The first-order valence-electron chi connectivity index (χ1n) is 3.62. The van der Waals surface area contributed by atoms with Gasteiger partial charge in [-0.2, -0.15) is 5.26 Å². The molecule has 11 heavy (non-hydrogen) atoms. The maximum Gasteiger partial charge on any atom is 0.144 e. The third-order valence-corrected chi connectivity index (χ3v) is 1.82. The summed E-state index contributed by atoms with van der Waals surface area (Å²) in [7, 11) is 0. The van der Waals surface area contributed by atoms with Gasteiger partial charge in [0, 0.05) is 0 Å². The summed E-state index contributed by atoms with van der Waals surface area (Å²) in [5.41, 5.74) is 0. The van der Waals surface area contributed by atoms with Gasteiger partial charge in [-0.15, -0.1) is 0 Å². The first kappa shape index (κ1) is 8.47. The van der Waals surface area contributed by atoms with E-state index < -0.39 is 18.3 Å². The average Bonchev–Trinajstić information content (AvgIpc) is 2.05. The van der Waals surface area contributed by atoms with Crippen molar-refractivity contribution >= 4 is 0 Å². The predicted molar refractivity (Wildman–Crippen MR) is 36.6 cm³/mol. The molecule has 0 saturated carbocycles. The lowest BCUT2D eigenvalue weighted by atomic mass is 10.0. The maximum atomic E-state index is 9.19. The topological polar surface area (TPSA) is 73.5 Å². The van der Waals surface area contributed by atoms with Crippen LogP contribution in [0.5, 0.6) is 0 Å². The van der Waals surface area contributed by atoms with Crippen LogP contribution in [0.15, 0.2) is 0 Å². The molecule has 2 N–H and O–H groups in total. The van der Waals surface area contributed by atoms with Crippen LogP contribution in [-0.2, 0) is 4.74 Å². The third kappa shape index (κ3) is 1.90. The van der Waals surface area contributed by atoms with E-state index in [1.807, 2.05) is 6.07 Å². The minimum absolute atomic E-state index is 0.223. The van der Waals surface area contributed by atoms with Gasteiger partial charge in [-0.25, -0.2) is 0 Å². The molecule has 0 bridgehead atoms. The van der Waals surface area contributed by atoms with Crippen molar-refractivity contribution in [3.05, 3.63) is 0 Å². The van der Waals surface area contributed by atoms with Crippen molar-refractivity contribution in [2.24, 2.45) is 0 Å². The summed E-state index contributed by atoms with van der Waals surface area (Å²) in [6, 6.07) is 1.94. The van der Waals surface area contributed by atoms with E-state index in [0.29, 0.717) is 12.8 Å². The molecule has 0 aromatic carbocycles. The molecule has 4 nitrogen and oxygen atoms in total. The minimum atomic E-state index is -0.621. The fraction of sp³-hybridized carbons (Fsp3) is 0.857. The molecule has 1 aliphatic rings. The Bertz CT molecular complexity index is 166. The Morgan fingerprint density at radius 1 is 1.55 bits per heavy atom. The average molecular weight is 157 g/mol. The van der Waals surface area contributed by atoms with E-state index >= 15 is 0 Å². The van der Waals surface area contributed by atoms with Gasteiger partial charge in [-0.1, -0.05) is 0 Å². The molecule has 1 aliphatic heterocycles. The quantitative estimate of drug-likeness (QED) is 0.533. The standard InChI is InChI=1S/C7H11NO3/c8-3-5-1-2-6(10)7(4-9)11-5/h5-7,9-10H,1-2,4H2. The van der Waals surface area contributed by atoms with Crippen LogP contribution in [-0.4, -0.2) is 35.1 Å². The lowest BCUT2D eigenvalue weighted by Crippen LogP contribution is -2.40. The number of hydrogen-bond acceptors (Lipinski definition) is 4. The highest BCUT2D eigenvalue weighted by atomic mass is 16.5. The summed E-state index contributed by atoms with van der Waals surface area (Å²) in [6.07, 6.45) is -0.578. The smallest absolute Gasteiger partial charge is 0.144 e. The van der Waals surface area contributed by atoms with Crippen LogP contribution in [0.25, 0.3) is 0 Å². The number of nitriles is 1. The lowest BCUT2D eigenvalue weighted by Gasteiger charge is -2.29. The Morgan fingerprint density at radius 2 is 2.27 bits per heavy atom. The van der Waals surface area contributed by atoms with Gasteiger partial charge in [0.05, 0.1) is 18.8 Å². The molecular formula is C7H11NO3. The molecule has 1 fully saturated rings. The highest BCUT2D eigenvalue weighted by Gasteiger charge is 2.28. The second-order valence-electron chi connectivity index (χ2n) is 2.62. The molecule has 62 valence electrons. The summed E-state index contributed by atoms with van der Waals surface area (Å²) in [6.45, 7) is -0.223. The fourth-order valence-corrected chi connectivity index (χ4v) is 1.14. The van der Waals surface area contributed by atoms with E-state index in [0.717, 1.165) is 0 Å². The molecule has 0 radical (unpaired) electrons. The van der Waals surface area contributed by atoms with E-state index in [4.69, 9.17) is 15.1 Å². The van der Waals surface area contributed by atoms with Crippen LogP contribution in [0.4, 0.5) is 0 Å². The lowest BCUT2D eigenvalue weighted by molar-refractivity contribution is -0.116. The summed E-state index contributed by atoms with van der Waals surface area (Å²) in [5.74, 6) is 0. The molecule has 1 rings (SSSR count). The molecule has 0 amide bonds. The van der Waals surface area contributed by atoms with Gasteiger partial charge in [-0.3, -0.25) is 0 Å². The molecule has 3 atom stereocenters. The zero-order valence-electron chi connectivity index (χ0n) is 6.10. The summed E-state index contributed by atoms with van der Waals surface area (Å²) in [5, 5.41) is 26.3. The van der Waals surface area contributed by atoms with Crippen LogP contribution in [0.1, 0.15) is 12.8 Å². The molecule has 0 aliphatic carbocycles. The molecule has 3 unspecified atom stereocenters. The van der Waals surface area contributed by atoms with Gasteiger partial charge < -0.3 is 14.9 Å². The van der Waals surface area contributed by atoms with Gasteiger partial charge in [0.2, 0.25) is 0 Å². The largest absolute Gasteiger partial charge is 0.394 e. The van der Waals surface area contributed by atoms with Crippen molar-refractivity contribution in [3.63, 3.8) is 0 Å². The van der Waals surface area contributed by atoms with Gasteiger partial charge in [0.1, 0.15) is 12.2 Å². The second-order valence-corrected chi connectivity index (χ2v) is 2.62. The fourth-order valence-electron chi connectivity index (χ4n) is 1.14. The van der Waals surface area contributed by atoms with Crippen LogP contribution in [0, 0.1) is 11.3 Å². The zero-order valence-corrected chi connectivity index (χ0v) is 6.10. The highest BCUT2D eigenvalue weighted by Crippen LogP contribution is 2.18. The van der Waals surface area contributed by atoms with Crippen LogP contribution in [0.2, 0.25) is 0 Å². The van der Waals surface area contributed by atoms with E-state index in [1.54, 1.807) is 0 Å². The van der Waals surface area contributed by atoms with Crippen molar-refractivity contribution in [1.29, 1.82) is 5.26 Å². The molecule has 0 spiro atoms. The van der Waals surface area contributed by atoms with Crippen molar-refractivity contribution < 1.29 is 14.9 Å². The number of hydrogen-bond donors (Lipinski definition) is 2. The third-order valence-electron chi connectivity index (χ3n) is 1.82. The summed E-state index contributed by atoms with van der Waals surface area (Å²) < 4.78 is 5.04. The molecule has 1 heterocycles. The Kier molecular flexibility index (Phi) is 2.83. The van der Waals surface area contributed by atoms with Crippen molar-refractivity contribution in [2.75, 3.05) is 6.61 Å². The van der Waals surface area contributed by atoms with Crippen LogP contribution in [0.3, 0.4) is 0 Å². The maximum absolute atomic E-state index is 9.19. The van der Waals surface area contributed by atoms with Gasteiger partial charge in [0.15, 0.2) is 0 Å².